The molecule has 76 valence electrons. The molecule has 2 atom stereocenters. The van der Waals surface area contributed by atoms with Gasteiger partial charge in [0.25, 0.3) is 6.43 Å². The Hall–Kier alpha value is -0.480. The monoisotopic (exact) mass is 235 g/mol. The summed E-state index contributed by atoms with van der Waals surface area (Å²) in [6, 6.07) is 1.12. The van der Waals surface area contributed by atoms with Gasteiger partial charge in [-0.2, -0.15) is 5.26 Å². The highest BCUT2D eigenvalue weighted by Gasteiger charge is 2.31. The van der Waals surface area contributed by atoms with E-state index in [1.165, 1.54) is 0 Å². The Morgan fingerprint density at radius 1 is 1.38 bits per heavy atom. The van der Waals surface area contributed by atoms with E-state index in [9.17, 15) is 21.6 Å². The molecule has 8 heteroatoms. The highest BCUT2D eigenvalue weighted by Crippen LogP contribution is 2.13. The van der Waals surface area contributed by atoms with Gasteiger partial charge in [-0.3, -0.25) is 0 Å². The Morgan fingerprint density at radius 3 is 2.15 bits per heavy atom. The van der Waals surface area contributed by atoms with Crippen LogP contribution in [0.3, 0.4) is 0 Å². The number of hydrogen-bond donors (Lipinski definition) is 0. The predicted molar refractivity (Wildman–Crippen MR) is 39.9 cm³/mol. The fraction of sp³-hybridized carbons (Fsp3) is 0.800. The molecule has 0 N–H and O–H groups in total. The second-order valence-corrected chi connectivity index (χ2v) is 4.95. The van der Waals surface area contributed by atoms with E-state index in [1.54, 1.807) is 0 Å². The van der Waals surface area contributed by atoms with E-state index in [2.05, 4.69) is 0 Å². The van der Waals surface area contributed by atoms with Gasteiger partial charge >= 0.3 is 0 Å². The molecule has 0 aromatic heterocycles. The predicted octanol–water partition coefficient (Wildman–Crippen LogP) is 1.09. The first-order chi connectivity index (χ1) is 5.81. The summed E-state index contributed by atoms with van der Waals surface area (Å²) in [5.74, 6) is -1.44. The molecule has 13 heavy (non-hydrogen) atoms. The van der Waals surface area contributed by atoms with Gasteiger partial charge in [-0.1, -0.05) is 11.6 Å². The van der Waals surface area contributed by atoms with Gasteiger partial charge < -0.3 is 0 Å². The van der Waals surface area contributed by atoms with Crippen molar-refractivity contribution in [3.05, 3.63) is 0 Å². The van der Waals surface area contributed by atoms with E-state index in [0.29, 0.717) is 0 Å². The molecule has 0 bridgehead atoms. The Labute approximate surface area is 78.0 Å². The summed E-state index contributed by atoms with van der Waals surface area (Å²) < 4.78 is 54.9. The number of nitriles is 1. The molecular formula is C5H5ClF3NO2S. The van der Waals surface area contributed by atoms with E-state index in [1.807, 2.05) is 0 Å². The van der Waals surface area contributed by atoms with Crippen molar-refractivity contribution in [1.82, 2.24) is 0 Å². The van der Waals surface area contributed by atoms with Gasteiger partial charge in [0.15, 0.2) is 16.0 Å². The maximum absolute atomic E-state index is 12.2. The summed E-state index contributed by atoms with van der Waals surface area (Å²) in [4.78, 5) is 0. The molecule has 3 nitrogen and oxygen atoms in total. The molecule has 0 saturated carbocycles. The summed E-state index contributed by atoms with van der Waals surface area (Å²) in [6.07, 6.45) is -6.20. The van der Waals surface area contributed by atoms with Gasteiger partial charge in [0, 0.05) is 0 Å². The molecule has 0 fully saturated rings. The fourth-order valence-corrected chi connectivity index (χ4v) is 1.60. The van der Waals surface area contributed by atoms with Crippen molar-refractivity contribution in [2.24, 2.45) is 0 Å². The van der Waals surface area contributed by atoms with Crippen LogP contribution in [0.2, 0.25) is 0 Å². The summed E-state index contributed by atoms with van der Waals surface area (Å²) in [5.41, 5.74) is 0. The molecule has 0 rings (SSSR count). The van der Waals surface area contributed by atoms with Crippen LogP contribution in [0.1, 0.15) is 0 Å². The summed E-state index contributed by atoms with van der Waals surface area (Å²) in [5, 5.41) is 8.05. The molecule has 0 heterocycles. The minimum atomic E-state index is -4.31. The summed E-state index contributed by atoms with van der Waals surface area (Å²) in [6.45, 7) is 0. The molecule has 0 aliphatic rings. The van der Waals surface area contributed by atoms with Crippen LogP contribution in [0, 0.1) is 11.3 Å². The minimum Gasteiger partial charge on any atom is -0.240 e. The van der Waals surface area contributed by atoms with Gasteiger partial charge in [0.05, 0.1) is 11.8 Å². The Bertz CT molecular complexity index is 299. The van der Waals surface area contributed by atoms with Crippen molar-refractivity contribution < 1.29 is 21.6 Å². The van der Waals surface area contributed by atoms with Crippen molar-refractivity contribution in [3.8, 4) is 6.07 Å². The first kappa shape index (κ1) is 12.5. The SMILES string of the molecule is N#CC(Cl)S(=O)(=O)CC(F)C(F)F. The molecule has 0 amide bonds. The zero-order valence-electron chi connectivity index (χ0n) is 6.12. The number of halogens is 4. The topological polar surface area (TPSA) is 57.9 Å². The lowest BCUT2D eigenvalue weighted by Gasteiger charge is -2.07. The van der Waals surface area contributed by atoms with E-state index in [-0.39, 0.29) is 0 Å². The van der Waals surface area contributed by atoms with Gasteiger partial charge in [0.1, 0.15) is 0 Å². The number of nitrogens with zero attached hydrogens (tertiary/aromatic N) is 1. The third-order valence-corrected chi connectivity index (χ3v) is 3.51. The Kier molecular flexibility index (Phi) is 4.50. The maximum Gasteiger partial charge on any atom is 0.270 e. The third-order valence-electron chi connectivity index (χ3n) is 1.08. The number of alkyl halides is 4. The molecular weight excluding hydrogens is 231 g/mol. The first-order valence-corrected chi connectivity index (χ1v) is 5.14. The van der Waals surface area contributed by atoms with E-state index in [4.69, 9.17) is 16.9 Å². The largest absolute Gasteiger partial charge is 0.270 e. The summed E-state index contributed by atoms with van der Waals surface area (Å²) >= 11 is 4.95. The Morgan fingerprint density at radius 2 is 1.85 bits per heavy atom. The molecule has 0 aromatic carbocycles. The lowest BCUT2D eigenvalue weighted by Crippen LogP contribution is -2.28. The second kappa shape index (κ2) is 4.67. The van der Waals surface area contributed by atoms with Crippen molar-refractivity contribution in [1.29, 1.82) is 5.26 Å². The van der Waals surface area contributed by atoms with Gasteiger partial charge in [-0.25, -0.2) is 21.6 Å². The molecule has 0 aliphatic carbocycles. The second-order valence-electron chi connectivity index (χ2n) is 2.13. The van der Waals surface area contributed by atoms with Gasteiger partial charge in [-0.15, -0.1) is 0 Å². The lowest BCUT2D eigenvalue weighted by molar-refractivity contribution is 0.0618. The molecule has 0 aliphatic heterocycles. The number of rotatable bonds is 4. The summed E-state index contributed by atoms with van der Waals surface area (Å²) in [7, 11) is -4.31. The van der Waals surface area contributed by atoms with E-state index < -0.39 is 32.9 Å². The zero-order valence-corrected chi connectivity index (χ0v) is 7.70. The standard InChI is InChI=1S/C5H5ClF3NO2S/c6-4(1-10)13(11,12)2-3(7)5(8)9/h3-5H,2H2. The van der Waals surface area contributed by atoms with Crippen molar-refractivity contribution in [2.45, 2.75) is 17.3 Å². The zero-order chi connectivity index (χ0) is 10.6. The average Bonchev–Trinajstić information content (AvgIpc) is 2.01. The molecule has 0 aromatic rings. The molecule has 0 spiro atoms. The Balaban J connectivity index is 4.46. The van der Waals surface area contributed by atoms with Crippen LogP contribution in [0.4, 0.5) is 13.2 Å². The average molecular weight is 236 g/mol. The number of hydrogen-bond acceptors (Lipinski definition) is 3. The van der Waals surface area contributed by atoms with Crippen molar-refractivity contribution >= 4 is 21.4 Å². The van der Waals surface area contributed by atoms with Crippen LogP contribution in [0.5, 0.6) is 0 Å². The van der Waals surface area contributed by atoms with Crippen LogP contribution in [0.25, 0.3) is 0 Å². The van der Waals surface area contributed by atoms with Crippen molar-refractivity contribution in [2.75, 3.05) is 5.75 Å². The lowest BCUT2D eigenvalue weighted by atomic mass is 10.5. The number of sulfone groups is 1. The van der Waals surface area contributed by atoms with E-state index in [0.717, 1.165) is 6.07 Å². The third kappa shape index (κ3) is 3.83. The molecule has 0 saturated heterocycles. The highest BCUT2D eigenvalue weighted by atomic mass is 35.5. The van der Waals surface area contributed by atoms with Crippen LogP contribution in [0.15, 0.2) is 0 Å². The van der Waals surface area contributed by atoms with Gasteiger partial charge in [-0.05, 0) is 0 Å². The quantitative estimate of drug-likeness (QED) is 0.686. The van der Waals surface area contributed by atoms with Gasteiger partial charge in [0.2, 0.25) is 4.71 Å². The molecule has 2 unspecified atom stereocenters. The fourth-order valence-electron chi connectivity index (χ4n) is 0.459. The van der Waals surface area contributed by atoms with Crippen LogP contribution >= 0.6 is 11.6 Å². The normalized spacial score (nSPS) is 16.6. The smallest absolute Gasteiger partial charge is 0.240 e. The highest BCUT2D eigenvalue weighted by molar-refractivity contribution is 7.93. The maximum atomic E-state index is 12.2. The van der Waals surface area contributed by atoms with Crippen LogP contribution in [-0.4, -0.2) is 31.5 Å². The first-order valence-electron chi connectivity index (χ1n) is 2.98. The van der Waals surface area contributed by atoms with Crippen LogP contribution in [-0.2, 0) is 9.84 Å². The minimum absolute atomic E-state index is 1.12. The molecule has 0 radical (unpaired) electrons. The van der Waals surface area contributed by atoms with Crippen molar-refractivity contribution in [3.63, 3.8) is 0 Å². The van der Waals surface area contributed by atoms with Crippen LogP contribution < -0.4 is 0 Å². The van der Waals surface area contributed by atoms with E-state index >= 15 is 0 Å².